The molecular formula is C29H29N3O7. The minimum atomic E-state index is -1.41. The highest BCUT2D eigenvalue weighted by molar-refractivity contribution is 5.97. The van der Waals surface area contributed by atoms with Gasteiger partial charge in [-0.05, 0) is 34.9 Å². The molecule has 1 aliphatic heterocycles. The zero-order valence-electron chi connectivity index (χ0n) is 21.2. The van der Waals surface area contributed by atoms with E-state index in [2.05, 4.69) is 5.32 Å². The third kappa shape index (κ3) is 7.19. The number of aliphatic carboxylic acids is 1. The number of benzene rings is 3. The third-order valence-electron chi connectivity index (χ3n) is 6.41. The number of nitrogens with zero attached hydrogens (tertiary/aromatic N) is 2. The summed E-state index contributed by atoms with van der Waals surface area (Å²) < 4.78 is 5.13. The molecule has 1 unspecified atom stereocenters. The Morgan fingerprint density at radius 3 is 2.41 bits per heavy atom. The van der Waals surface area contributed by atoms with Crippen molar-refractivity contribution in [1.29, 1.82) is 0 Å². The Balaban J connectivity index is 1.32. The van der Waals surface area contributed by atoms with E-state index in [1.165, 1.54) is 4.90 Å². The van der Waals surface area contributed by atoms with Crippen LogP contribution in [0.1, 0.15) is 18.4 Å². The molecule has 0 spiro atoms. The number of urea groups is 1. The van der Waals surface area contributed by atoms with E-state index >= 15 is 0 Å². The van der Waals surface area contributed by atoms with Gasteiger partial charge in [0, 0.05) is 18.8 Å². The van der Waals surface area contributed by atoms with E-state index in [4.69, 9.17) is 4.74 Å². The summed E-state index contributed by atoms with van der Waals surface area (Å²) in [6, 6.07) is 20.4. The van der Waals surface area contributed by atoms with Crippen molar-refractivity contribution in [1.82, 2.24) is 10.2 Å². The van der Waals surface area contributed by atoms with Crippen molar-refractivity contribution < 1.29 is 33.8 Å². The van der Waals surface area contributed by atoms with Crippen LogP contribution in [-0.4, -0.2) is 71.9 Å². The van der Waals surface area contributed by atoms with Crippen LogP contribution in [0.25, 0.3) is 10.8 Å². The highest BCUT2D eigenvalue weighted by atomic mass is 16.5. The highest BCUT2D eigenvalue weighted by Crippen LogP contribution is 2.20. The van der Waals surface area contributed by atoms with Crippen molar-refractivity contribution in [2.45, 2.75) is 25.3 Å². The van der Waals surface area contributed by atoms with Gasteiger partial charge in [0.1, 0.15) is 12.6 Å². The van der Waals surface area contributed by atoms with Crippen molar-refractivity contribution in [2.75, 3.05) is 31.1 Å². The van der Waals surface area contributed by atoms with Crippen LogP contribution >= 0.6 is 0 Å². The molecule has 1 aliphatic rings. The van der Waals surface area contributed by atoms with Gasteiger partial charge in [-0.15, -0.1) is 0 Å². The monoisotopic (exact) mass is 531 g/mol. The van der Waals surface area contributed by atoms with Gasteiger partial charge in [0.15, 0.2) is 12.4 Å². The van der Waals surface area contributed by atoms with Crippen LogP contribution in [-0.2, 0) is 30.3 Å². The maximum Gasteiger partial charge on any atom is 0.324 e. The SMILES string of the molecule is O=C(O)CC(NC(=O)CN1CCCN(c2ccccc2)C1=O)C(=O)COC(=O)Cc1cccc2ccccc12. The first kappa shape index (κ1) is 27.3. The van der Waals surface area contributed by atoms with Gasteiger partial charge in [-0.25, -0.2) is 4.79 Å². The van der Waals surface area contributed by atoms with Gasteiger partial charge < -0.3 is 20.1 Å². The summed E-state index contributed by atoms with van der Waals surface area (Å²) in [6.45, 7) is -0.178. The van der Waals surface area contributed by atoms with Gasteiger partial charge in [-0.2, -0.15) is 0 Å². The van der Waals surface area contributed by atoms with Crippen LogP contribution in [0.5, 0.6) is 0 Å². The van der Waals surface area contributed by atoms with Crippen molar-refractivity contribution in [3.05, 3.63) is 78.4 Å². The van der Waals surface area contributed by atoms with E-state index in [-0.39, 0.29) is 19.0 Å². The first-order valence-electron chi connectivity index (χ1n) is 12.6. The van der Waals surface area contributed by atoms with E-state index in [0.717, 1.165) is 16.3 Å². The molecule has 0 aliphatic carbocycles. The number of ketones is 1. The molecule has 202 valence electrons. The van der Waals surface area contributed by atoms with Crippen molar-refractivity contribution in [3.63, 3.8) is 0 Å². The number of Topliss-reactive ketones (excluding diaryl/α,β-unsaturated/α-hetero) is 1. The van der Waals surface area contributed by atoms with Gasteiger partial charge in [0.05, 0.1) is 12.8 Å². The first-order valence-corrected chi connectivity index (χ1v) is 12.6. The van der Waals surface area contributed by atoms with E-state index in [1.807, 2.05) is 54.6 Å². The number of amides is 3. The molecule has 10 heteroatoms. The zero-order valence-corrected chi connectivity index (χ0v) is 21.2. The van der Waals surface area contributed by atoms with Crippen LogP contribution in [0.2, 0.25) is 0 Å². The number of esters is 1. The second-order valence-electron chi connectivity index (χ2n) is 9.20. The number of nitrogens with one attached hydrogen (secondary N) is 1. The lowest BCUT2D eigenvalue weighted by Gasteiger charge is -2.35. The Kier molecular flexibility index (Phi) is 8.88. The molecule has 2 N–H and O–H groups in total. The lowest BCUT2D eigenvalue weighted by molar-refractivity contribution is -0.148. The first-order chi connectivity index (χ1) is 18.8. The van der Waals surface area contributed by atoms with Gasteiger partial charge >= 0.3 is 18.0 Å². The largest absolute Gasteiger partial charge is 0.481 e. The Morgan fingerprint density at radius 1 is 0.923 bits per heavy atom. The number of rotatable bonds is 11. The van der Waals surface area contributed by atoms with Crippen molar-refractivity contribution >= 4 is 46.1 Å². The number of para-hydroxylation sites is 1. The number of carbonyl (C=O) groups excluding carboxylic acids is 4. The number of hydrogen-bond acceptors (Lipinski definition) is 6. The topological polar surface area (TPSA) is 133 Å². The molecule has 39 heavy (non-hydrogen) atoms. The molecule has 4 rings (SSSR count). The smallest absolute Gasteiger partial charge is 0.324 e. The Labute approximate surface area is 225 Å². The van der Waals surface area contributed by atoms with Gasteiger partial charge in [0.2, 0.25) is 5.91 Å². The molecule has 0 bridgehead atoms. The summed E-state index contributed by atoms with van der Waals surface area (Å²) in [5, 5.41) is 13.5. The molecule has 1 atom stereocenters. The fourth-order valence-electron chi connectivity index (χ4n) is 4.51. The summed E-state index contributed by atoms with van der Waals surface area (Å²) in [6.07, 6.45) is -0.118. The molecule has 0 radical (unpaired) electrons. The molecule has 3 amide bonds. The van der Waals surface area contributed by atoms with Gasteiger partial charge in [-0.1, -0.05) is 60.7 Å². The number of carbonyl (C=O) groups is 5. The second-order valence-corrected chi connectivity index (χ2v) is 9.20. The van der Waals surface area contributed by atoms with E-state index in [0.29, 0.717) is 25.2 Å². The minimum absolute atomic E-state index is 0.0699. The average molecular weight is 532 g/mol. The number of hydrogen-bond donors (Lipinski definition) is 2. The van der Waals surface area contributed by atoms with E-state index < -0.39 is 42.7 Å². The molecule has 3 aromatic rings. The molecule has 10 nitrogen and oxygen atoms in total. The lowest BCUT2D eigenvalue weighted by Crippen LogP contribution is -2.54. The summed E-state index contributed by atoms with van der Waals surface area (Å²) in [5.74, 6) is -3.40. The molecule has 1 heterocycles. The lowest BCUT2D eigenvalue weighted by atomic mass is 10.0. The second kappa shape index (κ2) is 12.7. The van der Waals surface area contributed by atoms with Gasteiger partial charge in [0.25, 0.3) is 0 Å². The van der Waals surface area contributed by atoms with E-state index in [1.54, 1.807) is 23.1 Å². The van der Waals surface area contributed by atoms with E-state index in [9.17, 15) is 29.1 Å². The van der Waals surface area contributed by atoms with Crippen molar-refractivity contribution in [3.8, 4) is 0 Å². The number of anilines is 1. The Bertz CT molecular complexity index is 1370. The maximum atomic E-state index is 12.9. The maximum absolute atomic E-state index is 12.9. The number of ether oxygens (including phenoxy) is 1. The standard InChI is InChI=1S/C29H29N3O7/c33-25(19-39-28(37)16-21-10-6-9-20-8-4-5-13-23(20)21)24(17-27(35)36)30-26(34)18-31-14-7-15-32(29(31)38)22-11-2-1-3-12-22/h1-6,8-13,24H,7,14-19H2,(H,30,34)(H,35,36). The summed E-state index contributed by atoms with van der Waals surface area (Å²) in [7, 11) is 0. The Morgan fingerprint density at radius 2 is 1.64 bits per heavy atom. The molecule has 0 aromatic heterocycles. The minimum Gasteiger partial charge on any atom is -0.481 e. The quantitative estimate of drug-likeness (QED) is 0.364. The molecule has 0 saturated carbocycles. The van der Waals surface area contributed by atoms with Gasteiger partial charge in [-0.3, -0.25) is 24.1 Å². The number of carboxylic acids is 1. The average Bonchev–Trinajstić information content (AvgIpc) is 2.93. The summed E-state index contributed by atoms with van der Waals surface area (Å²) in [5.41, 5.74) is 1.44. The predicted molar refractivity (Wildman–Crippen MR) is 143 cm³/mol. The van der Waals surface area contributed by atoms with Crippen LogP contribution in [0, 0.1) is 0 Å². The summed E-state index contributed by atoms with van der Waals surface area (Å²) >= 11 is 0. The van der Waals surface area contributed by atoms with Crippen LogP contribution in [0.4, 0.5) is 10.5 Å². The molecule has 1 saturated heterocycles. The third-order valence-corrected chi connectivity index (χ3v) is 6.41. The number of fused-ring (bicyclic) bond motifs is 1. The molecule has 3 aromatic carbocycles. The number of carboxylic acid groups (broad SMARTS) is 1. The van der Waals surface area contributed by atoms with Crippen molar-refractivity contribution in [2.24, 2.45) is 0 Å². The Hall–Kier alpha value is -4.73. The fourth-order valence-corrected chi connectivity index (χ4v) is 4.51. The van der Waals surface area contributed by atoms with Crippen LogP contribution < -0.4 is 10.2 Å². The molecule has 1 fully saturated rings. The van der Waals surface area contributed by atoms with Crippen LogP contribution in [0.15, 0.2) is 72.8 Å². The zero-order chi connectivity index (χ0) is 27.8. The fraction of sp³-hybridized carbons (Fsp3) is 0.276. The highest BCUT2D eigenvalue weighted by Gasteiger charge is 2.30. The van der Waals surface area contributed by atoms with Crippen LogP contribution in [0.3, 0.4) is 0 Å². The summed E-state index contributed by atoms with van der Waals surface area (Å²) in [4.78, 5) is 65.1. The predicted octanol–water partition coefficient (Wildman–Crippen LogP) is 2.79. The molecular weight excluding hydrogens is 502 g/mol. The normalized spacial score (nSPS) is 14.1.